The summed E-state index contributed by atoms with van der Waals surface area (Å²) in [5, 5.41) is 29.5. The van der Waals surface area contributed by atoms with Gasteiger partial charge in [0.1, 0.15) is 5.56 Å². The van der Waals surface area contributed by atoms with Crippen LogP contribution >= 0.6 is 11.8 Å². The van der Waals surface area contributed by atoms with Gasteiger partial charge in [-0.15, -0.1) is 0 Å². The Labute approximate surface area is 223 Å². The average Bonchev–Trinajstić information content (AvgIpc) is 2.86. The number of carboxylic acids is 2. The van der Waals surface area contributed by atoms with Crippen LogP contribution in [0.5, 0.6) is 0 Å². The summed E-state index contributed by atoms with van der Waals surface area (Å²) in [5.74, 6) is -3.82. The van der Waals surface area contributed by atoms with Gasteiger partial charge in [-0.05, 0) is 29.8 Å². The highest BCUT2D eigenvalue weighted by molar-refractivity contribution is 8.13. The second-order valence-electron chi connectivity index (χ2n) is 7.74. The van der Waals surface area contributed by atoms with Gasteiger partial charge in [0, 0.05) is 24.2 Å². The number of thioether (sulfide) groups is 1. The van der Waals surface area contributed by atoms with E-state index in [0.29, 0.717) is 23.4 Å². The number of alkyl halides is 3. The minimum atomic E-state index is -5.08. The molecule has 0 radical (unpaired) electrons. The van der Waals surface area contributed by atoms with Crippen molar-refractivity contribution in [3.63, 3.8) is 0 Å². The Morgan fingerprint density at radius 1 is 1.08 bits per heavy atom. The Kier molecular flexibility index (Phi) is 10.9. The molecule has 11 nitrogen and oxygen atoms in total. The van der Waals surface area contributed by atoms with Gasteiger partial charge in [0.05, 0.1) is 18.0 Å². The zero-order chi connectivity index (χ0) is 29.2. The highest BCUT2D eigenvalue weighted by Gasteiger charge is 2.38. The van der Waals surface area contributed by atoms with Crippen LogP contribution in [-0.2, 0) is 9.59 Å². The van der Waals surface area contributed by atoms with Crippen LogP contribution in [0, 0.1) is 5.41 Å². The van der Waals surface area contributed by atoms with Crippen molar-refractivity contribution in [3.8, 4) is 0 Å². The van der Waals surface area contributed by atoms with Crippen molar-refractivity contribution >= 4 is 46.0 Å². The molecule has 0 saturated heterocycles. The third kappa shape index (κ3) is 9.70. The minimum absolute atomic E-state index is 0.0560. The number of halogens is 3. The van der Waals surface area contributed by atoms with Crippen molar-refractivity contribution in [2.45, 2.75) is 18.6 Å². The van der Waals surface area contributed by atoms with Crippen molar-refractivity contribution in [2.24, 2.45) is 5.73 Å². The van der Waals surface area contributed by atoms with Crippen LogP contribution in [0.3, 0.4) is 0 Å². The number of amides is 1. The smallest absolute Gasteiger partial charge is 0.481 e. The van der Waals surface area contributed by atoms with Crippen molar-refractivity contribution in [3.05, 3.63) is 82.3 Å². The largest absolute Gasteiger partial charge is 0.490 e. The maximum Gasteiger partial charge on any atom is 0.490 e. The lowest BCUT2D eigenvalue weighted by molar-refractivity contribution is -0.192. The summed E-state index contributed by atoms with van der Waals surface area (Å²) in [5.41, 5.74) is 6.76. The number of nitrogens with two attached hydrogens (primary N) is 1. The summed E-state index contributed by atoms with van der Waals surface area (Å²) in [6.07, 6.45) is -3.82. The molecule has 3 rings (SSSR count). The Hall–Kier alpha value is -4.53. The van der Waals surface area contributed by atoms with Crippen molar-refractivity contribution in [2.75, 3.05) is 17.6 Å². The zero-order valence-corrected chi connectivity index (χ0v) is 20.9. The lowest BCUT2D eigenvalue weighted by Gasteiger charge is -2.17. The molecule has 1 unspecified atom stereocenters. The molecule has 1 aromatic carbocycles. The second kappa shape index (κ2) is 13.9. The van der Waals surface area contributed by atoms with Gasteiger partial charge in [-0.2, -0.15) is 13.2 Å². The van der Waals surface area contributed by atoms with Gasteiger partial charge < -0.3 is 26.6 Å². The SMILES string of the molecule is N=C(N)SCCNc1ccn2c(=O)c(C(=O)NC(CC(=O)O)c3ccccc3)ccc2c1.O=C(O)C(F)(F)F. The Morgan fingerprint density at radius 3 is 2.28 bits per heavy atom. The molecule has 0 aliphatic heterocycles. The average molecular weight is 568 g/mol. The number of aliphatic carboxylic acids is 2. The standard InChI is InChI=1S/C22H23N5O4S.C2HF3O2/c23-22(24)32-11-9-25-15-8-10-27-16(12-15)6-7-17(21(27)31)20(30)26-18(13-19(28)29)14-4-2-1-3-5-14;3-2(4,5)1(6)7/h1-8,10,12,18,25H,9,11,13H2,(H3,23,24)(H,26,30)(H,28,29);(H,6,7). The van der Waals surface area contributed by atoms with E-state index in [-0.39, 0.29) is 17.2 Å². The number of nitrogens with zero attached hydrogens (tertiary/aromatic N) is 1. The van der Waals surface area contributed by atoms with Crippen LogP contribution in [0.15, 0.2) is 65.6 Å². The molecule has 7 N–H and O–H groups in total. The third-order valence-electron chi connectivity index (χ3n) is 4.92. The molecule has 0 aliphatic rings. The number of carboxylic acid groups (broad SMARTS) is 2. The van der Waals surface area contributed by atoms with Gasteiger partial charge in [0.15, 0.2) is 5.17 Å². The van der Waals surface area contributed by atoms with E-state index in [4.69, 9.17) is 21.0 Å². The fourth-order valence-corrected chi connectivity index (χ4v) is 3.61. The number of carbonyl (C=O) groups is 3. The quantitative estimate of drug-likeness (QED) is 0.128. The fraction of sp³-hybridized carbons (Fsp3) is 0.208. The minimum Gasteiger partial charge on any atom is -0.481 e. The van der Waals surface area contributed by atoms with E-state index in [1.54, 1.807) is 54.7 Å². The van der Waals surface area contributed by atoms with Crippen molar-refractivity contribution < 1.29 is 37.8 Å². The van der Waals surface area contributed by atoms with Crippen LogP contribution in [0.2, 0.25) is 0 Å². The molecule has 1 amide bonds. The van der Waals surface area contributed by atoms with Crippen LogP contribution in [-0.4, -0.2) is 56.1 Å². The Bertz CT molecular complexity index is 1400. The highest BCUT2D eigenvalue weighted by Crippen LogP contribution is 2.18. The number of carbonyl (C=O) groups excluding carboxylic acids is 1. The number of rotatable bonds is 9. The lowest BCUT2D eigenvalue weighted by Crippen LogP contribution is -2.34. The van der Waals surface area contributed by atoms with E-state index in [0.717, 1.165) is 5.69 Å². The topological polar surface area (TPSA) is 187 Å². The maximum atomic E-state index is 12.9. The fourth-order valence-electron chi connectivity index (χ4n) is 3.19. The Balaban J connectivity index is 0.000000673. The van der Waals surface area contributed by atoms with Gasteiger partial charge in [-0.25, -0.2) is 4.79 Å². The number of hydrogen-bond donors (Lipinski definition) is 6. The molecule has 15 heteroatoms. The van der Waals surface area contributed by atoms with Gasteiger partial charge in [0.25, 0.3) is 11.5 Å². The lowest BCUT2D eigenvalue weighted by atomic mass is 10.0. The number of nitrogens with one attached hydrogen (secondary N) is 3. The summed E-state index contributed by atoms with van der Waals surface area (Å²) in [6.45, 7) is 0.593. The molecule has 0 spiro atoms. The van der Waals surface area contributed by atoms with Gasteiger partial charge >= 0.3 is 18.1 Å². The van der Waals surface area contributed by atoms with Gasteiger partial charge in [-0.1, -0.05) is 42.1 Å². The van der Waals surface area contributed by atoms with Crippen molar-refractivity contribution in [1.82, 2.24) is 9.72 Å². The normalized spacial score (nSPS) is 11.6. The second-order valence-corrected chi connectivity index (χ2v) is 8.88. The van der Waals surface area contributed by atoms with E-state index in [2.05, 4.69) is 10.6 Å². The first-order valence-electron chi connectivity index (χ1n) is 11.0. The number of amidine groups is 1. The summed E-state index contributed by atoms with van der Waals surface area (Å²) in [7, 11) is 0. The van der Waals surface area contributed by atoms with E-state index < -0.39 is 35.6 Å². The predicted octanol–water partition coefficient (Wildman–Crippen LogP) is 2.92. The number of anilines is 1. The monoisotopic (exact) mass is 567 g/mol. The number of aromatic nitrogens is 1. The van der Waals surface area contributed by atoms with E-state index in [9.17, 15) is 32.7 Å². The van der Waals surface area contributed by atoms with E-state index >= 15 is 0 Å². The number of hydrogen-bond acceptors (Lipinski definition) is 7. The first-order chi connectivity index (χ1) is 18.3. The highest BCUT2D eigenvalue weighted by atomic mass is 32.2. The van der Waals surface area contributed by atoms with E-state index in [1.807, 2.05) is 0 Å². The molecular formula is C24H24F3N5O6S. The first-order valence-corrected chi connectivity index (χ1v) is 12.0. The molecule has 0 fully saturated rings. The molecular weight excluding hydrogens is 543 g/mol. The summed E-state index contributed by atoms with van der Waals surface area (Å²) in [6, 6.07) is 14.6. The summed E-state index contributed by atoms with van der Waals surface area (Å²) in [4.78, 5) is 45.8. The summed E-state index contributed by atoms with van der Waals surface area (Å²) >= 11 is 1.23. The molecule has 39 heavy (non-hydrogen) atoms. The molecule has 3 aromatic rings. The van der Waals surface area contributed by atoms with Crippen LogP contribution < -0.4 is 21.9 Å². The molecule has 0 aliphatic carbocycles. The van der Waals surface area contributed by atoms with E-state index in [1.165, 1.54) is 22.2 Å². The summed E-state index contributed by atoms with van der Waals surface area (Å²) < 4.78 is 33.1. The molecule has 208 valence electrons. The molecule has 0 saturated carbocycles. The van der Waals surface area contributed by atoms with Crippen LogP contribution in [0.1, 0.15) is 28.4 Å². The molecule has 1 atom stereocenters. The third-order valence-corrected chi connectivity index (χ3v) is 5.64. The number of pyridine rings is 2. The molecule has 2 aromatic heterocycles. The molecule has 2 heterocycles. The van der Waals surface area contributed by atoms with Crippen LogP contribution in [0.4, 0.5) is 18.9 Å². The van der Waals surface area contributed by atoms with Crippen LogP contribution in [0.25, 0.3) is 5.52 Å². The Morgan fingerprint density at radius 2 is 1.72 bits per heavy atom. The number of benzene rings is 1. The predicted molar refractivity (Wildman–Crippen MR) is 139 cm³/mol. The van der Waals surface area contributed by atoms with Crippen molar-refractivity contribution in [1.29, 1.82) is 5.41 Å². The van der Waals surface area contributed by atoms with Gasteiger partial charge in [-0.3, -0.25) is 24.2 Å². The van der Waals surface area contributed by atoms with Gasteiger partial charge in [0.2, 0.25) is 0 Å². The zero-order valence-electron chi connectivity index (χ0n) is 20.1. The maximum absolute atomic E-state index is 12.9. The number of fused-ring (bicyclic) bond motifs is 1. The first kappa shape index (κ1) is 30.7. The molecule has 0 bridgehead atoms.